The van der Waals surface area contributed by atoms with Gasteiger partial charge < -0.3 is 4.90 Å². The van der Waals surface area contributed by atoms with Crippen LogP contribution >= 0.6 is 0 Å². The first-order valence-corrected chi connectivity index (χ1v) is 10.2. The van der Waals surface area contributed by atoms with E-state index < -0.39 is 0 Å². The Labute approximate surface area is 151 Å². The van der Waals surface area contributed by atoms with Crippen molar-refractivity contribution in [3.63, 3.8) is 0 Å². The molecule has 0 unspecified atom stereocenters. The van der Waals surface area contributed by atoms with Crippen molar-refractivity contribution in [3.8, 4) is 0 Å². The van der Waals surface area contributed by atoms with Crippen molar-refractivity contribution in [2.24, 2.45) is 18.9 Å². The Morgan fingerprint density at radius 1 is 1.20 bits per heavy atom. The highest BCUT2D eigenvalue weighted by molar-refractivity contribution is 5.92. The second-order valence-corrected chi connectivity index (χ2v) is 8.45. The smallest absolute Gasteiger partial charge is 0.272 e. The molecule has 4 fully saturated rings. The van der Waals surface area contributed by atoms with Crippen molar-refractivity contribution in [1.29, 1.82) is 0 Å². The second kappa shape index (κ2) is 7.10. The minimum absolute atomic E-state index is 0.180. The lowest BCUT2D eigenvalue weighted by atomic mass is 9.83. The number of amides is 1. The fourth-order valence-corrected chi connectivity index (χ4v) is 4.84. The Morgan fingerprint density at radius 2 is 2.04 bits per heavy atom. The van der Waals surface area contributed by atoms with Crippen LogP contribution < -0.4 is 0 Å². The monoisotopic (exact) mass is 344 g/mol. The Kier molecular flexibility index (Phi) is 4.85. The van der Waals surface area contributed by atoms with E-state index in [2.05, 4.69) is 21.8 Å². The minimum Gasteiger partial charge on any atom is -0.335 e. The van der Waals surface area contributed by atoms with Crippen molar-refractivity contribution in [2.45, 2.75) is 57.9 Å². The Hall–Kier alpha value is -1.36. The van der Waals surface area contributed by atoms with E-state index in [0.29, 0.717) is 12.0 Å². The van der Waals surface area contributed by atoms with E-state index in [1.54, 1.807) is 4.68 Å². The average molecular weight is 345 g/mol. The van der Waals surface area contributed by atoms with Crippen LogP contribution in [0.4, 0.5) is 0 Å². The summed E-state index contributed by atoms with van der Waals surface area (Å²) in [6.07, 6.45) is 8.78. The lowest BCUT2D eigenvalue weighted by Gasteiger charge is -2.40. The predicted octanol–water partition coefficient (Wildman–Crippen LogP) is 2.71. The van der Waals surface area contributed by atoms with Gasteiger partial charge in [0.05, 0.1) is 5.69 Å². The topological polar surface area (TPSA) is 41.4 Å². The van der Waals surface area contributed by atoms with E-state index in [9.17, 15) is 4.79 Å². The van der Waals surface area contributed by atoms with Crippen molar-refractivity contribution >= 4 is 5.91 Å². The molecular formula is C20H32N4O. The van der Waals surface area contributed by atoms with Crippen LogP contribution in [0.5, 0.6) is 0 Å². The molecule has 1 aliphatic carbocycles. The van der Waals surface area contributed by atoms with E-state index in [-0.39, 0.29) is 5.91 Å². The molecule has 138 valence electrons. The van der Waals surface area contributed by atoms with Gasteiger partial charge in [-0.25, -0.2) is 0 Å². The number of carbonyl (C=O) groups is 1. The molecule has 5 heteroatoms. The molecule has 0 radical (unpaired) electrons. The van der Waals surface area contributed by atoms with Crippen LogP contribution in [0.15, 0.2) is 6.07 Å². The third-order valence-corrected chi connectivity index (χ3v) is 6.49. The Morgan fingerprint density at radius 3 is 2.76 bits per heavy atom. The normalized spacial score (nSPS) is 27.4. The molecule has 1 aromatic heterocycles. The molecule has 1 amide bonds. The van der Waals surface area contributed by atoms with Gasteiger partial charge in [-0.3, -0.25) is 14.4 Å². The SMILES string of the molecule is CCCc1cc(C(=O)N2C[C@H]3CC[C@@H](C2)N(CC2CCC2)C3)n(C)n1. The number of piperidine rings is 1. The van der Waals surface area contributed by atoms with E-state index in [1.165, 1.54) is 45.2 Å². The van der Waals surface area contributed by atoms with Gasteiger partial charge in [0.2, 0.25) is 0 Å². The molecular weight excluding hydrogens is 312 g/mol. The van der Waals surface area contributed by atoms with Gasteiger partial charge in [0, 0.05) is 39.3 Å². The van der Waals surface area contributed by atoms with Crippen molar-refractivity contribution in [2.75, 3.05) is 26.2 Å². The van der Waals surface area contributed by atoms with Gasteiger partial charge in [-0.2, -0.15) is 5.10 Å². The summed E-state index contributed by atoms with van der Waals surface area (Å²) in [6, 6.07) is 2.57. The summed E-state index contributed by atoms with van der Waals surface area (Å²) in [5, 5.41) is 4.53. The van der Waals surface area contributed by atoms with E-state index >= 15 is 0 Å². The minimum atomic E-state index is 0.180. The lowest BCUT2D eigenvalue weighted by molar-refractivity contribution is 0.0707. The summed E-state index contributed by atoms with van der Waals surface area (Å²) in [6.45, 7) is 6.42. The number of aromatic nitrogens is 2. The summed E-state index contributed by atoms with van der Waals surface area (Å²) in [4.78, 5) is 18.0. The van der Waals surface area contributed by atoms with Gasteiger partial charge in [-0.05, 0) is 50.0 Å². The van der Waals surface area contributed by atoms with Gasteiger partial charge in [-0.1, -0.05) is 19.8 Å². The number of nitrogens with zero attached hydrogens (tertiary/aromatic N) is 4. The molecule has 5 rings (SSSR count). The van der Waals surface area contributed by atoms with Gasteiger partial charge >= 0.3 is 0 Å². The molecule has 1 saturated carbocycles. The summed E-state index contributed by atoms with van der Waals surface area (Å²) in [5.41, 5.74) is 1.80. The molecule has 0 aromatic carbocycles. The quantitative estimate of drug-likeness (QED) is 0.825. The highest BCUT2D eigenvalue weighted by Crippen LogP contribution is 2.33. The molecule has 3 aliphatic heterocycles. The van der Waals surface area contributed by atoms with Crippen molar-refractivity contribution in [3.05, 3.63) is 17.5 Å². The van der Waals surface area contributed by atoms with Gasteiger partial charge in [-0.15, -0.1) is 0 Å². The number of hydrogen-bond donors (Lipinski definition) is 0. The van der Waals surface area contributed by atoms with Crippen molar-refractivity contribution in [1.82, 2.24) is 19.6 Å². The largest absolute Gasteiger partial charge is 0.335 e. The second-order valence-electron chi connectivity index (χ2n) is 8.45. The predicted molar refractivity (Wildman–Crippen MR) is 98.5 cm³/mol. The third-order valence-electron chi connectivity index (χ3n) is 6.49. The van der Waals surface area contributed by atoms with E-state index in [4.69, 9.17) is 0 Å². The summed E-state index contributed by atoms with van der Waals surface area (Å²) < 4.78 is 1.78. The molecule has 2 bridgehead atoms. The van der Waals surface area contributed by atoms with Crippen LogP contribution in [0.1, 0.15) is 61.6 Å². The molecule has 2 atom stereocenters. The number of aryl methyl sites for hydroxylation is 2. The summed E-state index contributed by atoms with van der Waals surface area (Å²) in [5.74, 6) is 1.74. The third kappa shape index (κ3) is 3.48. The maximum atomic E-state index is 13.2. The number of fused-ring (bicyclic) bond motifs is 4. The van der Waals surface area contributed by atoms with E-state index in [0.717, 1.165) is 43.2 Å². The Balaban J connectivity index is 1.46. The first-order chi connectivity index (χ1) is 12.1. The van der Waals surface area contributed by atoms with Crippen LogP contribution in [-0.4, -0.2) is 57.7 Å². The molecule has 4 heterocycles. The molecule has 0 N–H and O–H groups in total. The average Bonchev–Trinajstić information content (AvgIpc) is 2.73. The highest BCUT2D eigenvalue weighted by Gasteiger charge is 2.38. The molecule has 3 saturated heterocycles. The molecule has 4 aliphatic rings. The Bertz CT molecular complexity index is 621. The summed E-state index contributed by atoms with van der Waals surface area (Å²) >= 11 is 0. The van der Waals surface area contributed by atoms with Gasteiger partial charge in [0.1, 0.15) is 5.69 Å². The number of carbonyl (C=O) groups excluding carboxylic acids is 1. The standard InChI is InChI=1S/C20H32N4O/c1-3-5-17-10-19(22(2)21-17)20(25)24-13-16-8-9-18(14-24)23(12-16)11-15-6-4-7-15/h10,15-16,18H,3-9,11-14H2,1-2H3/t16-,18-/m0/s1. The fourth-order valence-electron chi connectivity index (χ4n) is 4.84. The zero-order valence-electron chi connectivity index (χ0n) is 15.8. The van der Waals surface area contributed by atoms with Crippen LogP contribution in [-0.2, 0) is 13.5 Å². The first-order valence-electron chi connectivity index (χ1n) is 10.2. The molecule has 1 aromatic rings. The summed E-state index contributed by atoms with van der Waals surface area (Å²) in [7, 11) is 1.90. The zero-order chi connectivity index (χ0) is 17.4. The van der Waals surface area contributed by atoms with Crippen LogP contribution in [0.3, 0.4) is 0 Å². The van der Waals surface area contributed by atoms with Crippen LogP contribution in [0.2, 0.25) is 0 Å². The van der Waals surface area contributed by atoms with Crippen LogP contribution in [0.25, 0.3) is 0 Å². The zero-order valence-corrected chi connectivity index (χ0v) is 15.8. The maximum Gasteiger partial charge on any atom is 0.272 e. The van der Waals surface area contributed by atoms with E-state index in [1.807, 2.05) is 13.1 Å². The molecule has 5 nitrogen and oxygen atoms in total. The van der Waals surface area contributed by atoms with Gasteiger partial charge in [0.15, 0.2) is 0 Å². The first kappa shape index (κ1) is 17.1. The van der Waals surface area contributed by atoms with Crippen molar-refractivity contribution < 1.29 is 4.79 Å². The number of hydrogen-bond acceptors (Lipinski definition) is 3. The van der Waals surface area contributed by atoms with Gasteiger partial charge in [0.25, 0.3) is 5.91 Å². The molecule has 0 spiro atoms. The maximum absolute atomic E-state index is 13.2. The lowest BCUT2D eigenvalue weighted by Crippen LogP contribution is -2.47. The number of rotatable bonds is 5. The molecule has 25 heavy (non-hydrogen) atoms. The van der Waals surface area contributed by atoms with Crippen LogP contribution in [0, 0.1) is 11.8 Å². The fraction of sp³-hybridized carbons (Fsp3) is 0.800. The highest BCUT2D eigenvalue weighted by atomic mass is 16.2.